The Kier molecular flexibility index (Phi) is 8.12. The predicted molar refractivity (Wildman–Crippen MR) is 137 cm³/mol. The Morgan fingerprint density at radius 1 is 1.03 bits per heavy atom. The van der Waals surface area contributed by atoms with Crippen molar-refractivity contribution in [3.63, 3.8) is 0 Å². The van der Waals surface area contributed by atoms with E-state index in [1.54, 1.807) is 17.9 Å². The number of amides is 1. The van der Waals surface area contributed by atoms with E-state index in [1.807, 2.05) is 36.4 Å². The van der Waals surface area contributed by atoms with E-state index < -0.39 is 15.3 Å². The van der Waals surface area contributed by atoms with E-state index in [1.165, 1.54) is 10.4 Å². The van der Waals surface area contributed by atoms with Gasteiger partial charge in [-0.25, -0.2) is 12.8 Å². The maximum absolute atomic E-state index is 15.1. The van der Waals surface area contributed by atoms with Crippen molar-refractivity contribution < 1.29 is 17.6 Å². The van der Waals surface area contributed by atoms with Gasteiger partial charge in [0.1, 0.15) is 5.82 Å². The van der Waals surface area contributed by atoms with Crippen LogP contribution in [0.3, 0.4) is 0 Å². The molecule has 2 atom stereocenters. The number of nitrogens with zero attached hydrogens (tertiary/aromatic N) is 3. The molecule has 0 N–H and O–H groups in total. The summed E-state index contributed by atoms with van der Waals surface area (Å²) < 4.78 is 43.8. The largest absolute Gasteiger partial charge is 0.368 e. The molecule has 2 aliphatic rings. The average Bonchev–Trinajstić information content (AvgIpc) is 2.95. The summed E-state index contributed by atoms with van der Waals surface area (Å²) >= 11 is 0. The Morgan fingerprint density at radius 2 is 1.74 bits per heavy atom. The molecular weight excluding hydrogens is 465 g/mol. The van der Waals surface area contributed by atoms with Crippen LogP contribution in [0, 0.1) is 11.7 Å². The smallest absolute Gasteiger partial charge is 0.219 e. The van der Waals surface area contributed by atoms with Gasteiger partial charge in [-0.2, -0.15) is 4.31 Å². The van der Waals surface area contributed by atoms with E-state index in [2.05, 4.69) is 11.8 Å². The maximum Gasteiger partial charge on any atom is 0.219 e. The Balaban J connectivity index is 1.45. The lowest BCUT2D eigenvalue weighted by molar-refractivity contribution is -0.129. The molecule has 190 valence electrons. The lowest BCUT2D eigenvalue weighted by Gasteiger charge is -2.35. The van der Waals surface area contributed by atoms with Crippen molar-refractivity contribution in [1.29, 1.82) is 0 Å². The third kappa shape index (κ3) is 6.22. The van der Waals surface area contributed by atoms with Crippen LogP contribution in [-0.4, -0.2) is 61.5 Å². The molecule has 4 rings (SSSR count). The Morgan fingerprint density at radius 3 is 2.40 bits per heavy atom. The minimum Gasteiger partial charge on any atom is -0.368 e. The number of hydrogen-bond donors (Lipinski definition) is 0. The quantitative estimate of drug-likeness (QED) is 0.599. The minimum absolute atomic E-state index is 0.0567. The van der Waals surface area contributed by atoms with Crippen LogP contribution in [0.15, 0.2) is 48.5 Å². The first-order valence-electron chi connectivity index (χ1n) is 12.6. The van der Waals surface area contributed by atoms with Crippen molar-refractivity contribution in [3.05, 3.63) is 65.5 Å². The molecule has 0 bridgehead atoms. The Labute approximate surface area is 208 Å². The summed E-state index contributed by atoms with van der Waals surface area (Å²) in [5.41, 5.74) is 2.30. The molecule has 0 aliphatic carbocycles. The SMILES string of the molecule is CC(=O)N1CCN(c2ccc(CN3CCC(C)CC(CCc4ccccc4)S3(=O)=O)c(F)c2)CC1. The number of anilines is 1. The van der Waals surface area contributed by atoms with Crippen LogP contribution in [-0.2, 0) is 27.8 Å². The lowest BCUT2D eigenvalue weighted by Crippen LogP contribution is -2.48. The van der Waals surface area contributed by atoms with Crippen LogP contribution in [0.4, 0.5) is 10.1 Å². The topological polar surface area (TPSA) is 60.9 Å². The van der Waals surface area contributed by atoms with Crippen molar-refractivity contribution in [1.82, 2.24) is 9.21 Å². The second kappa shape index (κ2) is 11.1. The zero-order chi connectivity index (χ0) is 25.0. The van der Waals surface area contributed by atoms with E-state index in [9.17, 15) is 13.2 Å². The number of piperazine rings is 1. The Bertz CT molecular complexity index is 1120. The van der Waals surface area contributed by atoms with Gasteiger partial charge < -0.3 is 9.80 Å². The fourth-order valence-electron chi connectivity index (χ4n) is 5.13. The number of hydrogen-bond acceptors (Lipinski definition) is 4. The highest BCUT2D eigenvalue weighted by molar-refractivity contribution is 7.89. The number of aryl methyl sites for hydroxylation is 1. The molecule has 2 fully saturated rings. The van der Waals surface area contributed by atoms with E-state index in [-0.39, 0.29) is 18.3 Å². The highest BCUT2D eigenvalue weighted by atomic mass is 32.2. The number of halogens is 1. The second-order valence-corrected chi connectivity index (χ2v) is 12.1. The number of rotatable bonds is 6. The van der Waals surface area contributed by atoms with Gasteiger partial charge in [-0.05, 0) is 49.3 Å². The van der Waals surface area contributed by atoms with Crippen molar-refractivity contribution in [2.24, 2.45) is 5.92 Å². The first-order chi connectivity index (χ1) is 16.7. The monoisotopic (exact) mass is 501 g/mol. The molecule has 2 saturated heterocycles. The van der Waals surface area contributed by atoms with Crippen LogP contribution < -0.4 is 4.90 Å². The standard InChI is InChI=1S/C27H36FN3O3S/c1-21-12-13-31(35(33,34)26(18-21)11-8-23-6-4-3-5-7-23)20-24-9-10-25(19-27(24)28)30-16-14-29(15-17-30)22(2)32/h3-7,9-10,19,21,26H,8,11-18,20H2,1-2H3. The zero-order valence-corrected chi connectivity index (χ0v) is 21.5. The maximum atomic E-state index is 15.1. The Hall–Kier alpha value is -2.45. The molecule has 2 aromatic rings. The second-order valence-electron chi connectivity index (χ2n) is 9.92. The predicted octanol–water partition coefficient (Wildman–Crippen LogP) is 4.06. The third-order valence-electron chi connectivity index (χ3n) is 7.39. The summed E-state index contributed by atoms with van der Waals surface area (Å²) in [6.45, 7) is 6.69. The van der Waals surface area contributed by atoms with Crippen LogP contribution in [0.25, 0.3) is 0 Å². The fourth-order valence-corrected chi connectivity index (χ4v) is 7.22. The van der Waals surface area contributed by atoms with Crippen molar-refractivity contribution in [2.75, 3.05) is 37.6 Å². The minimum atomic E-state index is -3.54. The number of carbonyl (C=O) groups is 1. The van der Waals surface area contributed by atoms with Crippen LogP contribution >= 0.6 is 0 Å². The van der Waals surface area contributed by atoms with Gasteiger partial charge in [0.15, 0.2) is 0 Å². The number of carbonyl (C=O) groups excluding carboxylic acids is 1. The van der Waals surface area contributed by atoms with E-state index in [0.29, 0.717) is 63.5 Å². The van der Waals surface area contributed by atoms with Gasteiger partial charge in [0, 0.05) is 57.4 Å². The molecule has 6 nitrogen and oxygen atoms in total. The first kappa shape index (κ1) is 25.6. The average molecular weight is 502 g/mol. The summed E-state index contributed by atoms with van der Waals surface area (Å²) in [7, 11) is -3.54. The van der Waals surface area contributed by atoms with Crippen molar-refractivity contribution in [2.45, 2.75) is 51.3 Å². The van der Waals surface area contributed by atoms with Crippen LogP contribution in [0.2, 0.25) is 0 Å². The van der Waals surface area contributed by atoms with Gasteiger partial charge in [0.05, 0.1) is 5.25 Å². The molecule has 8 heteroatoms. The molecule has 0 spiro atoms. The first-order valence-corrected chi connectivity index (χ1v) is 14.1. The summed E-state index contributed by atoms with van der Waals surface area (Å²) in [6, 6.07) is 15.0. The van der Waals surface area contributed by atoms with E-state index in [4.69, 9.17) is 0 Å². The number of benzene rings is 2. The van der Waals surface area contributed by atoms with Crippen LogP contribution in [0.5, 0.6) is 0 Å². The molecule has 1 amide bonds. The molecular formula is C27H36FN3O3S. The van der Waals surface area contributed by atoms with E-state index in [0.717, 1.165) is 17.7 Å². The normalized spacial score (nSPS) is 23.2. The molecule has 2 aliphatic heterocycles. The van der Waals surface area contributed by atoms with Gasteiger partial charge in [0.2, 0.25) is 15.9 Å². The summed E-state index contributed by atoms with van der Waals surface area (Å²) in [5.74, 6) is -0.0255. The molecule has 35 heavy (non-hydrogen) atoms. The highest BCUT2D eigenvalue weighted by Crippen LogP contribution is 2.30. The summed E-state index contributed by atoms with van der Waals surface area (Å²) in [4.78, 5) is 15.4. The van der Waals surface area contributed by atoms with Gasteiger partial charge in [-0.3, -0.25) is 4.79 Å². The third-order valence-corrected chi connectivity index (χ3v) is 9.69. The molecule has 0 aromatic heterocycles. The van der Waals surface area contributed by atoms with Gasteiger partial charge in [-0.15, -0.1) is 0 Å². The highest BCUT2D eigenvalue weighted by Gasteiger charge is 2.36. The molecule has 2 aromatic carbocycles. The van der Waals surface area contributed by atoms with E-state index >= 15 is 4.39 Å². The lowest BCUT2D eigenvalue weighted by atomic mass is 9.98. The van der Waals surface area contributed by atoms with Crippen molar-refractivity contribution >= 4 is 21.6 Å². The van der Waals surface area contributed by atoms with Crippen LogP contribution in [0.1, 0.15) is 44.2 Å². The zero-order valence-electron chi connectivity index (χ0n) is 20.7. The molecule has 0 radical (unpaired) electrons. The summed E-state index contributed by atoms with van der Waals surface area (Å²) in [6.07, 6.45) is 2.70. The van der Waals surface area contributed by atoms with Gasteiger partial charge in [-0.1, -0.05) is 43.3 Å². The van der Waals surface area contributed by atoms with Crippen molar-refractivity contribution in [3.8, 4) is 0 Å². The number of sulfonamides is 1. The summed E-state index contributed by atoms with van der Waals surface area (Å²) in [5, 5.41) is -0.458. The fraction of sp³-hybridized carbons (Fsp3) is 0.519. The molecule has 0 saturated carbocycles. The van der Waals surface area contributed by atoms with Gasteiger partial charge in [0.25, 0.3) is 0 Å². The molecule has 2 heterocycles. The van der Waals surface area contributed by atoms with Gasteiger partial charge >= 0.3 is 0 Å². The molecule has 2 unspecified atom stereocenters.